The maximum atomic E-state index is 11.4. The topological polar surface area (TPSA) is 58.2 Å². The summed E-state index contributed by atoms with van der Waals surface area (Å²) in [5.41, 5.74) is 0. The van der Waals surface area contributed by atoms with Gasteiger partial charge in [-0.1, -0.05) is 0 Å². The highest BCUT2D eigenvalue weighted by molar-refractivity contribution is 7.84. The highest BCUT2D eigenvalue weighted by Gasteiger charge is 2.20. The minimum atomic E-state index is -0.749. The molecule has 1 fully saturated rings. The van der Waals surface area contributed by atoms with Crippen LogP contribution in [0.4, 0.5) is 0 Å². The molecule has 1 saturated heterocycles. The molecule has 1 unspecified atom stereocenters. The van der Waals surface area contributed by atoms with E-state index in [2.05, 4.69) is 10.6 Å². The molecule has 14 heavy (non-hydrogen) atoms. The van der Waals surface area contributed by atoms with E-state index in [1.165, 1.54) is 0 Å². The number of rotatable bonds is 5. The van der Waals surface area contributed by atoms with Crippen molar-refractivity contribution in [2.24, 2.45) is 0 Å². The summed E-state index contributed by atoms with van der Waals surface area (Å²) in [6, 6.07) is 0.00197. The first-order valence-corrected chi connectivity index (χ1v) is 6.74. The Bertz CT molecular complexity index is 215. The quantitative estimate of drug-likeness (QED) is 0.619. The third-order valence-electron chi connectivity index (χ3n) is 2.28. The minimum absolute atomic E-state index is 0.00197. The lowest BCUT2D eigenvalue weighted by atomic mass is 10.2. The number of carbonyl (C=O) groups is 1. The van der Waals surface area contributed by atoms with E-state index in [0.29, 0.717) is 12.3 Å². The molecule has 2 N–H and O–H groups in total. The van der Waals surface area contributed by atoms with Crippen molar-refractivity contribution < 1.29 is 9.00 Å². The molecule has 0 aromatic rings. The monoisotopic (exact) mass is 218 g/mol. The van der Waals surface area contributed by atoms with Gasteiger partial charge in [0.2, 0.25) is 5.91 Å². The molecule has 1 heterocycles. The Kier molecular flexibility index (Phi) is 5.11. The van der Waals surface area contributed by atoms with Crippen LogP contribution in [0.25, 0.3) is 0 Å². The standard InChI is InChI=1S/C9H18N2O2S/c1-14(13)7-3-6-11-9(12)8-4-2-5-10-8/h8,10H,2-7H2,1H3,(H,11,12)/t8-,14?/m1/s1. The normalized spacial score (nSPS) is 23.4. The summed E-state index contributed by atoms with van der Waals surface area (Å²) in [6.07, 6.45) is 4.49. The first-order valence-electron chi connectivity index (χ1n) is 5.01. The van der Waals surface area contributed by atoms with Gasteiger partial charge in [-0.15, -0.1) is 0 Å². The highest BCUT2D eigenvalue weighted by Crippen LogP contribution is 2.04. The molecule has 4 nitrogen and oxygen atoms in total. The Labute approximate surface area is 87.3 Å². The minimum Gasteiger partial charge on any atom is -0.355 e. The van der Waals surface area contributed by atoms with Crippen LogP contribution in [0.15, 0.2) is 0 Å². The Morgan fingerprint density at radius 2 is 2.43 bits per heavy atom. The second-order valence-corrected chi connectivity index (χ2v) is 5.13. The molecular weight excluding hydrogens is 200 g/mol. The van der Waals surface area contributed by atoms with Crippen LogP contribution >= 0.6 is 0 Å². The fraction of sp³-hybridized carbons (Fsp3) is 0.889. The van der Waals surface area contributed by atoms with Crippen molar-refractivity contribution in [3.05, 3.63) is 0 Å². The van der Waals surface area contributed by atoms with E-state index in [1.54, 1.807) is 6.26 Å². The Balaban J connectivity index is 2.05. The van der Waals surface area contributed by atoms with E-state index >= 15 is 0 Å². The van der Waals surface area contributed by atoms with E-state index in [0.717, 1.165) is 25.8 Å². The summed E-state index contributed by atoms with van der Waals surface area (Å²) < 4.78 is 10.7. The van der Waals surface area contributed by atoms with Gasteiger partial charge >= 0.3 is 0 Å². The molecule has 1 rings (SSSR count). The van der Waals surface area contributed by atoms with Crippen molar-refractivity contribution in [3.8, 4) is 0 Å². The van der Waals surface area contributed by atoms with Gasteiger partial charge in [0.05, 0.1) is 6.04 Å². The van der Waals surface area contributed by atoms with Gasteiger partial charge < -0.3 is 10.6 Å². The van der Waals surface area contributed by atoms with Gasteiger partial charge in [-0.2, -0.15) is 0 Å². The van der Waals surface area contributed by atoms with E-state index < -0.39 is 10.8 Å². The number of hydrogen-bond acceptors (Lipinski definition) is 3. The lowest BCUT2D eigenvalue weighted by Gasteiger charge is -2.10. The average molecular weight is 218 g/mol. The molecule has 82 valence electrons. The number of amides is 1. The van der Waals surface area contributed by atoms with Gasteiger partial charge in [0.1, 0.15) is 0 Å². The van der Waals surface area contributed by atoms with Gasteiger partial charge in [-0.25, -0.2) is 0 Å². The predicted molar refractivity (Wildman–Crippen MR) is 57.6 cm³/mol. The van der Waals surface area contributed by atoms with Crippen molar-refractivity contribution in [1.29, 1.82) is 0 Å². The Hall–Kier alpha value is -0.420. The van der Waals surface area contributed by atoms with Crippen LogP contribution in [-0.2, 0) is 15.6 Å². The van der Waals surface area contributed by atoms with Crippen LogP contribution in [0.3, 0.4) is 0 Å². The van der Waals surface area contributed by atoms with Gasteiger partial charge in [-0.3, -0.25) is 9.00 Å². The van der Waals surface area contributed by atoms with Crippen LogP contribution < -0.4 is 10.6 Å². The lowest BCUT2D eigenvalue weighted by molar-refractivity contribution is -0.122. The predicted octanol–water partition coefficient (Wildman–Crippen LogP) is -0.377. The van der Waals surface area contributed by atoms with Gasteiger partial charge in [0.15, 0.2) is 0 Å². The third-order valence-corrected chi connectivity index (χ3v) is 3.15. The molecule has 5 heteroatoms. The summed E-state index contributed by atoms with van der Waals surface area (Å²) in [6.45, 7) is 1.58. The van der Waals surface area contributed by atoms with Crippen molar-refractivity contribution in [2.45, 2.75) is 25.3 Å². The smallest absolute Gasteiger partial charge is 0.237 e. The molecular formula is C9H18N2O2S. The lowest BCUT2D eigenvalue weighted by Crippen LogP contribution is -2.40. The fourth-order valence-corrected chi connectivity index (χ4v) is 2.07. The van der Waals surface area contributed by atoms with Crippen LogP contribution in [-0.4, -0.2) is 41.3 Å². The van der Waals surface area contributed by atoms with Crippen molar-refractivity contribution in [1.82, 2.24) is 10.6 Å². The molecule has 0 radical (unpaired) electrons. The van der Waals surface area contributed by atoms with Crippen LogP contribution in [0.1, 0.15) is 19.3 Å². The van der Waals surface area contributed by atoms with Crippen LogP contribution in [0.2, 0.25) is 0 Å². The zero-order valence-corrected chi connectivity index (χ0v) is 9.36. The molecule has 1 aliphatic heterocycles. The molecule has 1 amide bonds. The van der Waals surface area contributed by atoms with E-state index in [1.807, 2.05) is 0 Å². The van der Waals surface area contributed by atoms with E-state index in [9.17, 15) is 9.00 Å². The first kappa shape index (κ1) is 11.7. The summed E-state index contributed by atoms with van der Waals surface area (Å²) in [4.78, 5) is 11.4. The van der Waals surface area contributed by atoms with Gasteiger partial charge in [0, 0.05) is 29.4 Å². The zero-order chi connectivity index (χ0) is 10.4. The van der Waals surface area contributed by atoms with E-state index in [4.69, 9.17) is 0 Å². The molecule has 2 atom stereocenters. The molecule has 0 spiro atoms. The molecule has 0 saturated carbocycles. The Morgan fingerprint density at radius 3 is 3.00 bits per heavy atom. The molecule has 0 aromatic carbocycles. The molecule has 0 bridgehead atoms. The zero-order valence-electron chi connectivity index (χ0n) is 8.54. The largest absolute Gasteiger partial charge is 0.355 e. The maximum Gasteiger partial charge on any atom is 0.237 e. The number of hydrogen-bond donors (Lipinski definition) is 2. The summed E-state index contributed by atoms with van der Waals surface area (Å²) in [5.74, 6) is 0.752. The van der Waals surface area contributed by atoms with Crippen molar-refractivity contribution >= 4 is 16.7 Å². The van der Waals surface area contributed by atoms with Crippen LogP contribution in [0.5, 0.6) is 0 Å². The van der Waals surface area contributed by atoms with Gasteiger partial charge in [-0.05, 0) is 25.8 Å². The first-order chi connectivity index (χ1) is 6.70. The van der Waals surface area contributed by atoms with Crippen LogP contribution in [0, 0.1) is 0 Å². The van der Waals surface area contributed by atoms with Crippen molar-refractivity contribution in [3.63, 3.8) is 0 Å². The molecule has 0 aromatic heterocycles. The third kappa shape index (κ3) is 4.19. The molecule has 0 aliphatic carbocycles. The molecule has 1 aliphatic rings. The summed E-state index contributed by atoms with van der Waals surface area (Å²) in [5, 5.41) is 5.98. The summed E-state index contributed by atoms with van der Waals surface area (Å²) >= 11 is 0. The highest BCUT2D eigenvalue weighted by atomic mass is 32.2. The van der Waals surface area contributed by atoms with E-state index in [-0.39, 0.29) is 11.9 Å². The summed E-state index contributed by atoms with van der Waals surface area (Å²) in [7, 11) is -0.749. The number of carbonyl (C=O) groups excluding carboxylic acids is 1. The number of nitrogens with one attached hydrogen (secondary N) is 2. The second-order valence-electron chi connectivity index (χ2n) is 3.57. The van der Waals surface area contributed by atoms with Crippen molar-refractivity contribution in [2.75, 3.05) is 25.1 Å². The average Bonchev–Trinajstić information content (AvgIpc) is 2.64. The second kappa shape index (κ2) is 6.14. The fourth-order valence-electron chi connectivity index (χ4n) is 1.52. The SMILES string of the molecule is CS(=O)CCCNC(=O)[C@H]1CCCN1. The maximum absolute atomic E-state index is 11.4. The van der Waals surface area contributed by atoms with Gasteiger partial charge in [0.25, 0.3) is 0 Å². The Morgan fingerprint density at radius 1 is 1.64 bits per heavy atom.